The van der Waals surface area contributed by atoms with Gasteiger partial charge in [-0.3, -0.25) is 0 Å². The maximum atomic E-state index is 5.22. The van der Waals surface area contributed by atoms with Gasteiger partial charge in [-0.05, 0) is 18.1 Å². The van der Waals surface area contributed by atoms with Gasteiger partial charge in [-0.25, -0.2) is 0 Å². The standard InChI is InChI=1S/C14H16N2OS/c1-10-6-12(17-16-10)7-15-14-9-18-8-11-4-2-3-5-13(11)14/h2-6,14-15H,7-9H2,1H3. The molecule has 0 spiro atoms. The molecule has 0 radical (unpaired) electrons. The van der Waals surface area contributed by atoms with Gasteiger partial charge in [0.2, 0.25) is 0 Å². The van der Waals surface area contributed by atoms with Crippen LogP contribution >= 0.6 is 11.8 Å². The molecule has 3 rings (SSSR count). The number of aromatic nitrogens is 1. The van der Waals surface area contributed by atoms with Crippen molar-refractivity contribution in [3.05, 3.63) is 52.9 Å². The lowest BCUT2D eigenvalue weighted by atomic mass is 10.0. The van der Waals surface area contributed by atoms with E-state index in [0.717, 1.165) is 29.5 Å². The lowest BCUT2D eigenvalue weighted by Crippen LogP contribution is -2.26. The highest BCUT2D eigenvalue weighted by molar-refractivity contribution is 7.98. The average Bonchev–Trinajstić information content (AvgIpc) is 2.82. The molecule has 0 saturated carbocycles. The smallest absolute Gasteiger partial charge is 0.150 e. The summed E-state index contributed by atoms with van der Waals surface area (Å²) in [6.45, 7) is 2.68. The van der Waals surface area contributed by atoms with Gasteiger partial charge in [0.15, 0.2) is 5.76 Å². The molecule has 0 aliphatic carbocycles. The van der Waals surface area contributed by atoms with E-state index < -0.39 is 0 Å². The van der Waals surface area contributed by atoms with E-state index in [4.69, 9.17) is 4.52 Å². The van der Waals surface area contributed by atoms with E-state index in [9.17, 15) is 0 Å². The van der Waals surface area contributed by atoms with E-state index >= 15 is 0 Å². The monoisotopic (exact) mass is 260 g/mol. The fourth-order valence-corrected chi connectivity index (χ4v) is 3.41. The molecule has 1 aromatic heterocycles. The van der Waals surface area contributed by atoms with Gasteiger partial charge < -0.3 is 9.84 Å². The van der Waals surface area contributed by atoms with Crippen LogP contribution in [0, 0.1) is 6.92 Å². The van der Waals surface area contributed by atoms with Crippen LogP contribution < -0.4 is 5.32 Å². The van der Waals surface area contributed by atoms with E-state index in [-0.39, 0.29) is 0 Å². The van der Waals surface area contributed by atoms with Crippen LogP contribution in [0.15, 0.2) is 34.9 Å². The molecule has 2 aromatic rings. The fraction of sp³-hybridized carbons (Fsp3) is 0.357. The zero-order valence-corrected chi connectivity index (χ0v) is 11.2. The maximum absolute atomic E-state index is 5.22. The molecular formula is C14H16N2OS. The summed E-state index contributed by atoms with van der Waals surface area (Å²) in [7, 11) is 0. The lowest BCUT2D eigenvalue weighted by molar-refractivity contribution is 0.363. The Morgan fingerprint density at radius 1 is 1.44 bits per heavy atom. The lowest BCUT2D eigenvalue weighted by Gasteiger charge is -2.25. The minimum atomic E-state index is 0.408. The summed E-state index contributed by atoms with van der Waals surface area (Å²) in [6, 6.07) is 11.1. The summed E-state index contributed by atoms with van der Waals surface area (Å²) < 4.78 is 5.22. The first-order valence-corrected chi connectivity index (χ1v) is 7.29. The van der Waals surface area contributed by atoms with Crippen molar-refractivity contribution in [3.63, 3.8) is 0 Å². The van der Waals surface area contributed by atoms with Crippen LogP contribution in [0.5, 0.6) is 0 Å². The number of thioether (sulfide) groups is 1. The highest BCUT2D eigenvalue weighted by atomic mass is 32.2. The molecule has 4 heteroatoms. The second kappa shape index (κ2) is 5.16. The molecule has 2 heterocycles. The second-order valence-corrected chi connectivity index (χ2v) is 5.61. The number of nitrogens with zero attached hydrogens (tertiary/aromatic N) is 1. The molecule has 0 saturated heterocycles. The first-order valence-electron chi connectivity index (χ1n) is 6.14. The summed E-state index contributed by atoms with van der Waals surface area (Å²) in [4.78, 5) is 0. The van der Waals surface area contributed by atoms with E-state index in [1.165, 1.54) is 11.1 Å². The normalized spacial score (nSPS) is 18.6. The number of nitrogens with one attached hydrogen (secondary N) is 1. The van der Waals surface area contributed by atoms with Crippen molar-refractivity contribution in [1.29, 1.82) is 0 Å². The summed E-state index contributed by atoms with van der Waals surface area (Å²) in [6.07, 6.45) is 0. The van der Waals surface area contributed by atoms with Gasteiger partial charge in [-0.1, -0.05) is 29.4 Å². The summed E-state index contributed by atoms with van der Waals surface area (Å²) in [5.74, 6) is 3.14. The fourth-order valence-electron chi connectivity index (χ4n) is 2.27. The molecule has 1 aliphatic rings. The second-order valence-electron chi connectivity index (χ2n) is 4.58. The average molecular weight is 260 g/mol. The Morgan fingerprint density at radius 3 is 3.17 bits per heavy atom. The van der Waals surface area contributed by atoms with E-state index in [2.05, 4.69) is 34.7 Å². The van der Waals surface area contributed by atoms with Gasteiger partial charge in [0.1, 0.15) is 0 Å². The first kappa shape index (κ1) is 11.8. The predicted molar refractivity (Wildman–Crippen MR) is 73.4 cm³/mol. The Kier molecular flexibility index (Phi) is 3.39. The number of hydrogen-bond donors (Lipinski definition) is 1. The molecule has 1 aliphatic heterocycles. The van der Waals surface area contributed by atoms with Crippen LogP contribution in [0.3, 0.4) is 0 Å². The molecule has 1 N–H and O–H groups in total. The Labute approximate surface area is 111 Å². The van der Waals surface area contributed by atoms with Gasteiger partial charge in [0.05, 0.1) is 12.2 Å². The van der Waals surface area contributed by atoms with Crippen LogP contribution in [-0.4, -0.2) is 10.9 Å². The highest BCUT2D eigenvalue weighted by Crippen LogP contribution is 2.31. The van der Waals surface area contributed by atoms with Gasteiger partial charge in [-0.2, -0.15) is 11.8 Å². The molecular weight excluding hydrogens is 244 g/mol. The summed E-state index contributed by atoms with van der Waals surface area (Å²) in [5.41, 5.74) is 3.80. The third kappa shape index (κ3) is 2.44. The zero-order chi connectivity index (χ0) is 12.4. The minimum absolute atomic E-state index is 0.408. The predicted octanol–water partition coefficient (Wildman–Crippen LogP) is 3.06. The SMILES string of the molecule is Cc1cc(CNC2CSCc3ccccc32)on1. The number of hydrogen-bond acceptors (Lipinski definition) is 4. The summed E-state index contributed by atoms with van der Waals surface area (Å²) in [5, 5.41) is 7.46. The summed E-state index contributed by atoms with van der Waals surface area (Å²) >= 11 is 1.98. The largest absolute Gasteiger partial charge is 0.360 e. The third-order valence-electron chi connectivity index (χ3n) is 3.17. The van der Waals surface area contributed by atoms with Crippen molar-refractivity contribution >= 4 is 11.8 Å². The van der Waals surface area contributed by atoms with Crippen molar-refractivity contribution in [2.24, 2.45) is 0 Å². The molecule has 0 fully saturated rings. The molecule has 1 aromatic carbocycles. The number of fused-ring (bicyclic) bond motifs is 1. The van der Waals surface area contributed by atoms with Crippen LogP contribution in [-0.2, 0) is 12.3 Å². The molecule has 18 heavy (non-hydrogen) atoms. The van der Waals surface area contributed by atoms with Crippen molar-refractivity contribution in [2.75, 3.05) is 5.75 Å². The molecule has 0 amide bonds. The van der Waals surface area contributed by atoms with Crippen LogP contribution in [0.1, 0.15) is 28.6 Å². The Balaban J connectivity index is 1.71. The van der Waals surface area contributed by atoms with Crippen molar-refractivity contribution in [1.82, 2.24) is 10.5 Å². The third-order valence-corrected chi connectivity index (χ3v) is 4.26. The van der Waals surface area contributed by atoms with Crippen molar-refractivity contribution < 1.29 is 4.52 Å². The Morgan fingerprint density at radius 2 is 2.33 bits per heavy atom. The molecule has 3 nitrogen and oxygen atoms in total. The Bertz CT molecular complexity index is 538. The van der Waals surface area contributed by atoms with E-state index in [1.54, 1.807) is 0 Å². The molecule has 1 unspecified atom stereocenters. The number of aryl methyl sites for hydroxylation is 1. The first-order chi connectivity index (χ1) is 8.83. The van der Waals surface area contributed by atoms with Crippen molar-refractivity contribution in [3.8, 4) is 0 Å². The Hall–Kier alpha value is -1.26. The molecule has 1 atom stereocenters. The van der Waals surface area contributed by atoms with Gasteiger partial charge >= 0.3 is 0 Å². The van der Waals surface area contributed by atoms with Crippen LogP contribution in [0.25, 0.3) is 0 Å². The zero-order valence-electron chi connectivity index (χ0n) is 10.3. The number of benzene rings is 1. The topological polar surface area (TPSA) is 38.1 Å². The van der Waals surface area contributed by atoms with E-state index in [1.807, 2.05) is 24.8 Å². The quantitative estimate of drug-likeness (QED) is 0.920. The molecule has 0 bridgehead atoms. The highest BCUT2D eigenvalue weighted by Gasteiger charge is 2.19. The maximum Gasteiger partial charge on any atom is 0.150 e. The molecule has 94 valence electrons. The van der Waals surface area contributed by atoms with E-state index in [0.29, 0.717) is 6.04 Å². The minimum Gasteiger partial charge on any atom is -0.360 e. The van der Waals surface area contributed by atoms with Gasteiger partial charge in [0.25, 0.3) is 0 Å². The number of rotatable bonds is 3. The van der Waals surface area contributed by atoms with Gasteiger partial charge in [-0.15, -0.1) is 0 Å². The van der Waals surface area contributed by atoms with Crippen LogP contribution in [0.2, 0.25) is 0 Å². The van der Waals surface area contributed by atoms with Crippen LogP contribution in [0.4, 0.5) is 0 Å². The van der Waals surface area contributed by atoms with Crippen molar-refractivity contribution in [2.45, 2.75) is 25.3 Å². The van der Waals surface area contributed by atoms with Gasteiger partial charge in [0, 0.05) is 23.6 Å².